The summed E-state index contributed by atoms with van der Waals surface area (Å²) in [5.74, 6) is 0. The fourth-order valence-electron chi connectivity index (χ4n) is 2.45. The van der Waals surface area contributed by atoms with Crippen LogP contribution in [0.3, 0.4) is 0 Å². The van der Waals surface area contributed by atoms with E-state index in [2.05, 4.69) is 6.07 Å². The van der Waals surface area contributed by atoms with Gasteiger partial charge in [-0.05, 0) is 39.0 Å². The smallest absolute Gasteiger partial charge is 0.410 e. The van der Waals surface area contributed by atoms with E-state index in [1.54, 1.807) is 23.1 Å². The maximum Gasteiger partial charge on any atom is 0.410 e. The van der Waals surface area contributed by atoms with Gasteiger partial charge in [0, 0.05) is 31.7 Å². The van der Waals surface area contributed by atoms with Crippen LogP contribution in [0.25, 0.3) is 0 Å². The van der Waals surface area contributed by atoms with E-state index in [1.165, 1.54) is 0 Å². The van der Waals surface area contributed by atoms with Crippen LogP contribution in [0, 0.1) is 11.3 Å². The van der Waals surface area contributed by atoms with Gasteiger partial charge in [0.05, 0.1) is 11.3 Å². The van der Waals surface area contributed by atoms with Crippen molar-refractivity contribution >= 4 is 18.1 Å². The molecule has 2 rings (SSSR count). The highest BCUT2D eigenvalue weighted by Gasteiger charge is 2.26. The van der Waals surface area contributed by atoms with Crippen LogP contribution >= 0.6 is 0 Å². The van der Waals surface area contributed by atoms with Gasteiger partial charge in [-0.1, -0.05) is 0 Å². The Labute approximate surface area is 136 Å². The van der Waals surface area contributed by atoms with Gasteiger partial charge in [-0.3, -0.25) is 4.79 Å². The van der Waals surface area contributed by atoms with Crippen LogP contribution in [0.5, 0.6) is 0 Å². The monoisotopic (exact) mass is 315 g/mol. The molecule has 0 N–H and O–H groups in total. The highest BCUT2D eigenvalue weighted by atomic mass is 16.6. The number of amides is 1. The van der Waals surface area contributed by atoms with Gasteiger partial charge in [-0.15, -0.1) is 0 Å². The molecule has 0 atom stereocenters. The van der Waals surface area contributed by atoms with Crippen LogP contribution in [0.1, 0.15) is 36.7 Å². The molecular weight excluding hydrogens is 294 g/mol. The summed E-state index contributed by atoms with van der Waals surface area (Å²) in [5.41, 5.74) is 1.24. The van der Waals surface area contributed by atoms with E-state index >= 15 is 0 Å². The van der Waals surface area contributed by atoms with Gasteiger partial charge in [-0.25, -0.2) is 4.79 Å². The average molecular weight is 315 g/mol. The summed E-state index contributed by atoms with van der Waals surface area (Å²) < 4.78 is 5.37. The zero-order valence-corrected chi connectivity index (χ0v) is 13.7. The Hall–Kier alpha value is -2.55. The molecule has 0 radical (unpaired) electrons. The van der Waals surface area contributed by atoms with Crippen molar-refractivity contribution in [2.45, 2.75) is 26.4 Å². The molecule has 0 aromatic heterocycles. The van der Waals surface area contributed by atoms with Gasteiger partial charge < -0.3 is 14.5 Å². The Kier molecular flexibility index (Phi) is 4.89. The minimum absolute atomic E-state index is 0.311. The Morgan fingerprint density at radius 1 is 1.26 bits per heavy atom. The van der Waals surface area contributed by atoms with Crippen LogP contribution in [-0.2, 0) is 4.74 Å². The SMILES string of the molecule is CC(C)(C)OC(=O)N1CCN(c2ccc(C=O)cc2C#N)CC1. The highest BCUT2D eigenvalue weighted by Crippen LogP contribution is 2.23. The maximum absolute atomic E-state index is 12.1. The average Bonchev–Trinajstić information content (AvgIpc) is 2.52. The van der Waals surface area contributed by atoms with Gasteiger partial charge in [0.2, 0.25) is 0 Å². The number of aldehydes is 1. The maximum atomic E-state index is 12.1. The number of ether oxygens (including phenoxy) is 1. The first-order valence-corrected chi connectivity index (χ1v) is 7.56. The van der Waals surface area contributed by atoms with Crippen molar-refractivity contribution in [1.82, 2.24) is 4.90 Å². The fourth-order valence-corrected chi connectivity index (χ4v) is 2.45. The van der Waals surface area contributed by atoms with E-state index in [9.17, 15) is 14.9 Å². The molecule has 1 aliphatic heterocycles. The lowest BCUT2D eigenvalue weighted by molar-refractivity contribution is 0.0240. The van der Waals surface area contributed by atoms with E-state index in [4.69, 9.17) is 4.74 Å². The quantitative estimate of drug-likeness (QED) is 0.784. The number of carbonyl (C=O) groups is 2. The van der Waals surface area contributed by atoms with Crippen LogP contribution < -0.4 is 4.90 Å². The Balaban J connectivity index is 2.04. The molecule has 1 aromatic carbocycles. The second kappa shape index (κ2) is 6.69. The van der Waals surface area contributed by atoms with Crippen LogP contribution in [0.4, 0.5) is 10.5 Å². The first-order valence-electron chi connectivity index (χ1n) is 7.56. The summed E-state index contributed by atoms with van der Waals surface area (Å²) in [4.78, 5) is 26.6. The zero-order valence-electron chi connectivity index (χ0n) is 13.7. The third-order valence-electron chi connectivity index (χ3n) is 3.55. The lowest BCUT2D eigenvalue weighted by atomic mass is 10.1. The number of hydrogen-bond donors (Lipinski definition) is 0. The molecule has 6 nitrogen and oxygen atoms in total. The number of nitriles is 1. The molecule has 0 bridgehead atoms. The molecular formula is C17H21N3O3. The summed E-state index contributed by atoms with van der Waals surface area (Å²) in [6, 6.07) is 7.19. The second-order valence-corrected chi connectivity index (χ2v) is 6.46. The molecule has 1 aliphatic rings. The number of piperazine rings is 1. The van der Waals surface area contributed by atoms with E-state index < -0.39 is 5.60 Å². The standard InChI is InChI=1S/C17H21N3O3/c1-17(2,3)23-16(22)20-8-6-19(7-9-20)15-5-4-13(12-21)10-14(15)11-18/h4-5,10,12H,6-9H2,1-3H3. The molecule has 1 saturated heterocycles. The summed E-state index contributed by atoms with van der Waals surface area (Å²) >= 11 is 0. The number of carbonyl (C=O) groups excluding carboxylic acids is 2. The lowest BCUT2D eigenvalue weighted by Gasteiger charge is -2.37. The van der Waals surface area contributed by atoms with Crippen molar-refractivity contribution in [3.8, 4) is 6.07 Å². The van der Waals surface area contributed by atoms with Gasteiger partial charge >= 0.3 is 6.09 Å². The number of nitrogens with zero attached hydrogens (tertiary/aromatic N) is 3. The van der Waals surface area contributed by atoms with Gasteiger partial charge in [0.1, 0.15) is 18.0 Å². The van der Waals surface area contributed by atoms with Crippen LogP contribution in [-0.4, -0.2) is 49.1 Å². The summed E-state index contributed by atoms with van der Waals surface area (Å²) in [6.45, 7) is 7.84. The minimum Gasteiger partial charge on any atom is -0.444 e. The van der Waals surface area contributed by atoms with E-state index in [-0.39, 0.29) is 6.09 Å². The first-order chi connectivity index (χ1) is 10.8. The first kappa shape index (κ1) is 16.8. The fraction of sp³-hybridized carbons (Fsp3) is 0.471. The van der Waals surface area contributed by atoms with Gasteiger partial charge in [-0.2, -0.15) is 5.26 Å². The molecule has 1 heterocycles. The van der Waals surface area contributed by atoms with Gasteiger partial charge in [0.25, 0.3) is 0 Å². The van der Waals surface area contributed by atoms with Gasteiger partial charge in [0.15, 0.2) is 0 Å². The lowest BCUT2D eigenvalue weighted by Crippen LogP contribution is -2.50. The molecule has 0 saturated carbocycles. The van der Waals surface area contributed by atoms with Crippen molar-refractivity contribution in [2.24, 2.45) is 0 Å². The molecule has 0 aliphatic carbocycles. The second-order valence-electron chi connectivity index (χ2n) is 6.46. The van der Waals surface area contributed by atoms with Crippen molar-refractivity contribution in [3.05, 3.63) is 29.3 Å². The van der Waals surface area contributed by atoms with E-state index in [0.29, 0.717) is 37.3 Å². The number of benzene rings is 1. The van der Waals surface area contributed by atoms with Crippen LogP contribution in [0.15, 0.2) is 18.2 Å². The third kappa shape index (κ3) is 4.22. The Morgan fingerprint density at radius 2 is 1.91 bits per heavy atom. The molecule has 6 heteroatoms. The van der Waals surface area contributed by atoms with Crippen molar-refractivity contribution in [3.63, 3.8) is 0 Å². The largest absolute Gasteiger partial charge is 0.444 e. The summed E-state index contributed by atoms with van der Waals surface area (Å²) in [5, 5.41) is 9.26. The number of hydrogen-bond acceptors (Lipinski definition) is 5. The zero-order chi connectivity index (χ0) is 17.0. The number of anilines is 1. The van der Waals surface area contributed by atoms with Crippen molar-refractivity contribution in [2.75, 3.05) is 31.1 Å². The normalized spacial score (nSPS) is 15.0. The molecule has 122 valence electrons. The van der Waals surface area contributed by atoms with E-state index in [1.807, 2.05) is 25.7 Å². The molecule has 0 spiro atoms. The Morgan fingerprint density at radius 3 is 2.43 bits per heavy atom. The number of rotatable bonds is 2. The van der Waals surface area contributed by atoms with Crippen molar-refractivity contribution in [1.29, 1.82) is 5.26 Å². The Bertz CT molecular complexity index is 635. The topological polar surface area (TPSA) is 73.6 Å². The summed E-state index contributed by atoms with van der Waals surface area (Å²) in [6.07, 6.45) is 0.416. The van der Waals surface area contributed by atoms with Crippen molar-refractivity contribution < 1.29 is 14.3 Å². The molecule has 1 fully saturated rings. The highest BCUT2D eigenvalue weighted by molar-refractivity contribution is 5.78. The molecule has 1 amide bonds. The van der Waals surface area contributed by atoms with E-state index in [0.717, 1.165) is 12.0 Å². The molecule has 0 unspecified atom stereocenters. The minimum atomic E-state index is -0.507. The molecule has 1 aromatic rings. The predicted molar refractivity (Wildman–Crippen MR) is 86.6 cm³/mol. The third-order valence-corrected chi connectivity index (χ3v) is 3.55. The molecule has 23 heavy (non-hydrogen) atoms. The summed E-state index contributed by atoms with van der Waals surface area (Å²) in [7, 11) is 0. The van der Waals surface area contributed by atoms with Crippen LogP contribution in [0.2, 0.25) is 0 Å². The predicted octanol–water partition coefficient (Wildman–Crippen LogP) is 2.43.